The van der Waals surface area contributed by atoms with Crippen molar-refractivity contribution in [3.8, 4) is 0 Å². The highest BCUT2D eigenvalue weighted by Crippen LogP contribution is 2.29. The van der Waals surface area contributed by atoms with Crippen LogP contribution in [0.2, 0.25) is 0 Å². The number of aromatic amines is 2. The van der Waals surface area contributed by atoms with Crippen molar-refractivity contribution in [3.05, 3.63) is 74.2 Å². The van der Waals surface area contributed by atoms with E-state index in [-0.39, 0.29) is 22.9 Å². The van der Waals surface area contributed by atoms with Crippen molar-refractivity contribution in [2.24, 2.45) is 0 Å². The van der Waals surface area contributed by atoms with Gasteiger partial charge in [0.25, 0.3) is 11.1 Å². The number of hydrogen-bond acceptors (Lipinski definition) is 5. The predicted octanol–water partition coefficient (Wildman–Crippen LogP) is 2.33. The van der Waals surface area contributed by atoms with E-state index < -0.39 is 5.92 Å². The molecule has 0 radical (unpaired) electrons. The zero-order valence-electron chi connectivity index (χ0n) is 18.7. The van der Waals surface area contributed by atoms with E-state index in [4.69, 9.17) is 0 Å². The third-order valence-electron chi connectivity index (χ3n) is 6.56. The minimum atomic E-state index is -0.496. The maximum Gasteiger partial charge on any atom is 0.272 e. The molecule has 9 nitrogen and oxygen atoms in total. The van der Waals surface area contributed by atoms with Gasteiger partial charge in [0.05, 0.1) is 17.0 Å². The molecular formula is C24H26N6O3. The van der Waals surface area contributed by atoms with Crippen LogP contribution >= 0.6 is 0 Å². The molecule has 0 saturated carbocycles. The van der Waals surface area contributed by atoms with Crippen molar-refractivity contribution < 1.29 is 4.79 Å². The Morgan fingerprint density at radius 2 is 2.00 bits per heavy atom. The topological polar surface area (TPSA) is 116 Å². The predicted molar refractivity (Wildman–Crippen MR) is 125 cm³/mol. The Bertz CT molecular complexity index is 1470. The van der Waals surface area contributed by atoms with E-state index >= 15 is 0 Å². The van der Waals surface area contributed by atoms with E-state index in [0.29, 0.717) is 41.6 Å². The Hall–Kier alpha value is -3.75. The number of amides is 1. The summed E-state index contributed by atoms with van der Waals surface area (Å²) in [6.45, 7) is 5.02. The quantitative estimate of drug-likeness (QED) is 0.499. The zero-order chi connectivity index (χ0) is 23.1. The molecule has 170 valence electrons. The largest absolute Gasteiger partial charge is 0.341 e. The summed E-state index contributed by atoms with van der Waals surface area (Å²) in [5.41, 5.74) is 2.46. The first-order chi connectivity index (χ1) is 16.0. The Balaban J connectivity index is 1.41. The monoisotopic (exact) mass is 446 g/mol. The Labute approximate surface area is 189 Å². The molecule has 4 heterocycles. The summed E-state index contributed by atoms with van der Waals surface area (Å²) in [7, 11) is 0. The second-order valence-corrected chi connectivity index (χ2v) is 8.67. The van der Waals surface area contributed by atoms with Gasteiger partial charge in [0.2, 0.25) is 5.91 Å². The lowest BCUT2D eigenvalue weighted by atomic mass is 9.93. The van der Waals surface area contributed by atoms with Gasteiger partial charge >= 0.3 is 0 Å². The number of nitrogens with one attached hydrogen (secondary N) is 2. The number of likely N-dealkylation sites (tertiary alicyclic amines) is 1. The molecule has 1 saturated heterocycles. The van der Waals surface area contributed by atoms with Crippen LogP contribution in [0.15, 0.2) is 46.0 Å². The first kappa shape index (κ1) is 21.1. The molecule has 33 heavy (non-hydrogen) atoms. The van der Waals surface area contributed by atoms with Crippen molar-refractivity contribution in [2.45, 2.75) is 44.9 Å². The van der Waals surface area contributed by atoms with Crippen LogP contribution in [0.25, 0.3) is 16.4 Å². The van der Waals surface area contributed by atoms with E-state index in [1.54, 1.807) is 18.2 Å². The highest BCUT2D eigenvalue weighted by atomic mass is 16.2. The van der Waals surface area contributed by atoms with Gasteiger partial charge in [-0.15, -0.1) is 0 Å². The van der Waals surface area contributed by atoms with Gasteiger partial charge in [-0.05, 0) is 32.3 Å². The fourth-order valence-electron chi connectivity index (χ4n) is 4.74. The molecule has 1 fully saturated rings. The lowest BCUT2D eigenvalue weighted by Crippen LogP contribution is -2.41. The molecular weight excluding hydrogens is 420 g/mol. The zero-order valence-corrected chi connectivity index (χ0v) is 18.7. The fraction of sp³-hybridized carbons (Fsp3) is 0.375. The average molecular weight is 447 g/mol. The van der Waals surface area contributed by atoms with Crippen LogP contribution in [0.1, 0.15) is 55.6 Å². The summed E-state index contributed by atoms with van der Waals surface area (Å²) in [5.74, 6) is -0.435. The molecule has 1 amide bonds. The van der Waals surface area contributed by atoms with Crippen LogP contribution in [0.4, 0.5) is 0 Å². The number of aryl methyl sites for hydroxylation is 1. The highest BCUT2D eigenvalue weighted by Gasteiger charge is 2.30. The molecule has 0 aliphatic carbocycles. The van der Waals surface area contributed by atoms with Gasteiger partial charge in [0.1, 0.15) is 0 Å². The first-order valence-corrected chi connectivity index (χ1v) is 11.3. The van der Waals surface area contributed by atoms with Crippen LogP contribution in [0, 0.1) is 0 Å². The summed E-state index contributed by atoms with van der Waals surface area (Å²) in [6.07, 6.45) is 2.48. The van der Waals surface area contributed by atoms with Crippen LogP contribution in [0.5, 0.6) is 0 Å². The number of piperidine rings is 1. The summed E-state index contributed by atoms with van der Waals surface area (Å²) in [5, 5.41) is 11.2. The molecule has 2 atom stereocenters. The molecule has 0 spiro atoms. The molecule has 4 aromatic rings. The summed E-state index contributed by atoms with van der Waals surface area (Å²) in [4.78, 5) is 44.3. The highest BCUT2D eigenvalue weighted by molar-refractivity contribution is 5.91. The number of H-pyrrole nitrogens is 2. The van der Waals surface area contributed by atoms with Crippen molar-refractivity contribution >= 4 is 22.3 Å². The maximum atomic E-state index is 13.4. The molecule has 5 rings (SSSR count). The molecule has 0 bridgehead atoms. The van der Waals surface area contributed by atoms with Gasteiger partial charge in [-0.1, -0.05) is 25.1 Å². The summed E-state index contributed by atoms with van der Waals surface area (Å²) < 4.78 is 1.47. The van der Waals surface area contributed by atoms with Crippen molar-refractivity contribution in [1.29, 1.82) is 0 Å². The van der Waals surface area contributed by atoms with Crippen LogP contribution in [-0.4, -0.2) is 48.7 Å². The normalized spacial score (nSPS) is 17.5. The number of nitrogens with zero attached hydrogens (tertiary/aromatic N) is 4. The number of rotatable bonds is 4. The molecule has 2 unspecified atom stereocenters. The number of carbonyl (C=O) groups excluding carboxylic acids is 1. The number of fused-ring (bicyclic) bond motifs is 2. The van der Waals surface area contributed by atoms with Gasteiger partial charge in [0.15, 0.2) is 5.65 Å². The Morgan fingerprint density at radius 3 is 2.79 bits per heavy atom. The van der Waals surface area contributed by atoms with Crippen molar-refractivity contribution in [3.63, 3.8) is 0 Å². The van der Waals surface area contributed by atoms with E-state index in [0.717, 1.165) is 24.2 Å². The summed E-state index contributed by atoms with van der Waals surface area (Å²) >= 11 is 0. The Morgan fingerprint density at radius 1 is 1.21 bits per heavy atom. The van der Waals surface area contributed by atoms with Crippen molar-refractivity contribution in [1.82, 2.24) is 29.7 Å². The fourth-order valence-corrected chi connectivity index (χ4v) is 4.74. The van der Waals surface area contributed by atoms with Crippen molar-refractivity contribution in [2.75, 3.05) is 13.1 Å². The van der Waals surface area contributed by atoms with Crippen LogP contribution in [0.3, 0.4) is 0 Å². The molecule has 1 aliphatic rings. The van der Waals surface area contributed by atoms with E-state index in [2.05, 4.69) is 20.3 Å². The van der Waals surface area contributed by atoms with Gasteiger partial charge in [-0.3, -0.25) is 19.5 Å². The van der Waals surface area contributed by atoms with E-state index in [1.807, 2.05) is 36.9 Å². The Kier molecular flexibility index (Phi) is 5.32. The smallest absolute Gasteiger partial charge is 0.272 e. The van der Waals surface area contributed by atoms with Gasteiger partial charge in [0, 0.05) is 47.9 Å². The molecule has 3 aromatic heterocycles. The van der Waals surface area contributed by atoms with Crippen LogP contribution in [-0.2, 0) is 11.2 Å². The number of benzene rings is 1. The maximum absolute atomic E-state index is 13.4. The number of hydrogen-bond donors (Lipinski definition) is 2. The minimum absolute atomic E-state index is 0.0240. The third-order valence-corrected chi connectivity index (χ3v) is 6.56. The van der Waals surface area contributed by atoms with Crippen LogP contribution < -0.4 is 11.1 Å². The molecule has 2 N–H and O–H groups in total. The summed E-state index contributed by atoms with van der Waals surface area (Å²) in [6, 6.07) is 10.7. The lowest BCUT2D eigenvalue weighted by molar-refractivity contribution is -0.133. The molecule has 1 aromatic carbocycles. The first-order valence-electron chi connectivity index (χ1n) is 11.3. The average Bonchev–Trinajstić information content (AvgIpc) is 3.28. The molecule has 1 aliphatic heterocycles. The number of aromatic nitrogens is 5. The van der Waals surface area contributed by atoms with Gasteiger partial charge in [-0.2, -0.15) is 5.10 Å². The second-order valence-electron chi connectivity index (χ2n) is 8.67. The lowest BCUT2D eigenvalue weighted by Gasteiger charge is -2.34. The number of carbonyl (C=O) groups is 1. The standard InChI is InChI=1S/C24H26N6O3/c1-3-16-11-21(31)30-20(25-16)12-19(28-30)15-7-6-10-29(13-15)24(33)14(2)22-17-8-4-5-9-18(17)23(32)27-26-22/h4-5,8-9,11-12,14-15,28H,3,6-7,10,13H2,1-2H3,(H,27,32). The minimum Gasteiger partial charge on any atom is -0.341 e. The third kappa shape index (κ3) is 3.73. The van der Waals surface area contributed by atoms with E-state index in [1.165, 1.54) is 4.52 Å². The SMILES string of the molecule is CCc1cc(=O)n2[nH]c(C3CCCN(C(=O)C(C)c4n[nH]c(=O)c5ccccc45)C3)cc2n1. The molecule has 9 heteroatoms. The van der Waals surface area contributed by atoms with Gasteiger partial charge < -0.3 is 4.90 Å². The van der Waals surface area contributed by atoms with Gasteiger partial charge in [-0.25, -0.2) is 14.6 Å². The second kappa shape index (κ2) is 8.31. The van der Waals surface area contributed by atoms with E-state index in [9.17, 15) is 14.4 Å².